The number of rotatable bonds is 3. The number of hydrogen-bond donors (Lipinski definition) is 0. The molecule has 0 aliphatic carbocycles. The monoisotopic (exact) mass is 336 g/mol. The Balaban J connectivity index is 1.40. The van der Waals surface area contributed by atoms with Crippen molar-refractivity contribution >= 4 is 11.3 Å². The van der Waals surface area contributed by atoms with Gasteiger partial charge in [-0.1, -0.05) is 12.1 Å². The molecule has 0 unspecified atom stereocenters. The molecule has 122 valence electrons. The summed E-state index contributed by atoms with van der Waals surface area (Å²) in [6, 6.07) is 10.5. The van der Waals surface area contributed by atoms with Crippen LogP contribution in [-0.4, -0.2) is 32.5 Å². The van der Waals surface area contributed by atoms with Crippen LogP contribution >= 0.6 is 11.3 Å². The van der Waals surface area contributed by atoms with Gasteiger partial charge >= 0.3 is 0 Å². The van der Waals surface area contributed by atoms with Crippen LogP contribution in [0.5, 0.6) is 0 Å². The lowest BCUT2D eigenvalue weighted by molar-refractivity contribution is 0.296. The molecule has 0 radical (unpaired) electrons. The van der Waals surface area contributed by atoms with Gasteiger partial charge in [-0.15, -0.1) is 11.3 Å². The van der Waals surface area contributed by atoms with Gasteiger partial charge < -0.3 is 4.57 Å². The van der Waals surface area contributed by atoms with Crippen LogP contribution in [0, 0.1) is 0 Å². The second kappa shape index (κ2) is 5.53. The summed E-state index contributed by atoms with van der Waals surface area (Å²) in [5.74, 6) is 1.30. The maximum Gasteiger partial charge on any atom is 0.116 e. The molecule has 0 saturated carbocycles. The Morgan fingerprint density at radius 1 is 1.08 bits per heavy atom. The topological polar surface area (TPSA) is 34.0 Å². The lowest BCUT2D eigenvalue weighted by atomic mass is 9.85. The van der Waals surface area contributed by atoms with Crippen LogP contribution in [0.2, 0.25) is 0 Å². The van der Waals surface area contributed by atoms with Crippen molar-refractivity contribution in [1.29, 1.82) is 0 Å². The first kappa shape index (κ1) is 14.4. The van der Waals surface area contributed by atoms with E-state index < -0.39 is 0 Å². The van der Waals surface area contributed by atoms with E-state index in [9.17, 15) is 0 Å². The van der Waals surface area contributed by atoms with Gasteiger partial charge in [0.15, 0.2) is 0 Å². The molecule has 0 aromatic carbocycles. The zero-order valence-electron chi connectivity index (χ0n) is 13.6. The molecule has 1 atom stereocenters. The maximum atomic E-state index is 4.86. The third-order valence-electron chi connectivity index (χ3n) is 5.46. The zero-order chi connectivity index (χ0) is 16.0. The van der Waals surface area contributed by atoms with Crippen molar-refractivity contribution in [3.63, 3.8) is 0 Å². The van der Waals surface area contributed by atoms with E-state index in [4.69, 9.17) is 4.98 Å². The van der Waals surface area contributed by atoms with Gasteiger partial charge in [-0.2, -0.15) is 0 Å². The molecule has 3 aromatic heterocycles. The Hall–Kier alpha value is -1.98. The molecule has 4 nitrogen and oxygen atoms in total. The smallest absolute Gasteiger partial charge is 0.116 e. The molecule has 0 N–H and O–H groups in total. The number of nitrogens with zero attached hydrogens (tertiary/aromatic N) is 4. The first-order valence-corrected chi connectivity index (χ1v) is 9.44. The minimum atomic E-state index is 0.240. The highest BCUT2D eigenvalue weighted by Gasteiger charge is 2.46. The van der Waals surface area contributed by atoms with Gasteiger partial charge in [0.1, 0.15) is 5.82 Å². The van der Waals surface area contributed by atoms with Crippen molar-refractivity contribution in [1.82, 2.24) is 19.4 Å². The second-order valence-corrected chi connectivity index (χ2v) is 7.86. The van der Waals surface area contributed by atoms with Crippen LogP contribution in [0.3, 0.4) is 0 Å². The van der Waals surface area contributed by atoms with Crippen molar-refractivity contribution < 1.29 is 0 Å². The largest absolute Gasteiger partial charge is 0.327 e. The number of aromatic nitrogens is 3. The first-order chi connectivity index (χ1) is 11.8. The van der Waals surface area contributed by atoms with E-state index in [0.29, 0.717) is 0 Å². The number of fused-ring (bicyclic) bond motifs is 2. The van der Waals surface area contributed by atoms with E-state index in [1.807, 2.05) is 12.3 Å². The van der Waals surface area contributed by atoms with Crippen LogP contribution in [0.4, 0.5) is 0 Å². The average Bonchev–Trinajstić information content (AvgIpc) is 3.36. The van der Waals surface area contributed by atoms with Gasteiger partial charge in [-0.3, -0.25) is 9.88 Å². The fourth-order valence-electron chi connectivity index (χ4n) is 4.28. The van der Waals surface area contributed by atoms with E-state index in [0.717, 1.165) is 31.9 Å². The molecule has 5 heterocycles. The zero-order valence-corrected chi connectivity index (χ0v) is 14.4. The predicted octanol–water partition coefficient (Wildman–Crippen LogP) is 3.55. The van der Waals surface area contributed by atoms with Crippen LogP contribution in [0.1, 0.15) is 24.4 Å². The highest BCUT2D eigenvalue weighted by Crippen LogP contribution is 2.44. The molecule has 5 rings (SSSR count). The Morgan fingerprint density at radius 2 is 2.04 bits per heavy atom. The van der Waals surface area contributed by atoms with Crippen LogP contribution in [-0.2, 0) is 18.5 Å². The first-order valence-electron chi connectivity index (χ1n) is 8.56. The quantitative estimate of drug-likeness (QED) is 0.733. The Bertz CT molecular complexity index is 840. The van der Waals surface area contributed by atoms with Crippen molar-refractivity contribution in [2.45, 2.75) is 31.3 Å². The second-order valence-electron chi connectivity index (χ2n) is 6.91. The fraction of sp³-hybridized carbons (Fsp3) is 0.368. The van der Waals surface area contributed by atoms with Gasteiger partial charge in [0.25, 0.3) is 0 Å². The lowest BCUT2D eigenvalue weighted by Gasteiger charge is -2.22. The number of imidazole rings is 1. The molecule has 1 saturated heterocycles. The van der Waals surface area contributed by atoms with E-state index >= 15 is 0 Å². The van der Waals surface area contributed by atoms with Gasteiger partial charge in [-0.05, 0) is 43.0 Å². The summed E-state index contributed by atoms with van der Waals surface area (Å²) in [6.07, 6.45) is 6.38. The Morgan fingerprint density at radius 3 is 2.88 bits per heavy atom. The average molecular weight is 336 g/mol. The molecule has 1 fully saturated rings. The normalized spacial score (nSPS) is 23.2. The maximum absolute atomic E-state index is 4.86. The summed E-state index contributed by atoms with van der Waals surface area (Å²) in [7, 11) is 0. The summed E-state index contributed by atoms with van der Waals surface area (Å²) in [4.78, 5) is 13.2. The molecule has 2 aliphatic rings. The van der Waals surface area contributed by atoms with E-state index in [1.54, 1.807) is 11.3 Å². The highest BCUT2D eigenvalue weighted by molar-refractivity contribution is 7.13. The predicted molar refractivity (Wildman–Crippen MR) is 96.0 cm³/mol. The molecule has 2 aliphatic heterocycles. The standard InChI is InChI=1S/C19H20N4S/c1-2-8-20-15(4-1)13-22-9-6-19(14-22)7-10-23-16(12-21-18(19)23)17-5-3-11-24-17/h1-5,8,11-12H,6-7,9-10,13-14H2/t19-/m1/s1. The molecular formula is C19H20N4S. The van der Waals surface area contributed by atoms with E-state index in [2.05, 4.69) is 50.3 Å². The number of hydrogen-bond acceptors (Lipinski definition) is 4. The Kier molecular flexibility index (Phi) is 3.31. The summed E-state index contributed by atoms with van der Waals surface area (Å²) in [5, 5.41) is 2.14. The molecule has 0 bridgehead atoms. The summed E-state index contributed by atoms with van der Waals surface area (Å²) >= 11 is 1.80. The molecule has 3 aromatic rings. The molecule has 0 amide bonds. The SMILES string of the molecule is c1ccc(CN2CC[C@@]3(CCn4c(-c5cccs5)cnc43)C2)nc1. The van der Waals surface area contributed by atoms with Gasteiger partial charge in [0.05, 0.1) is 22.5 Å². The van der Waals surface area contributed by atoms with Crippen LogP contribution in [0.15, 0.2) is 48.1 Å². The number of likely N-dealkylation sites (tertiary alicyclic amines) is 1. The molecule has 5 heteroatoms. The summed E-state index contributed by atoms with van der Waals surface area (Å²) < 4.78 is 2.45. The molecular weight excluding hydrogens is 316 g/mol. The van der Waals surface area contributed by atoms with E-state index in [-0.39, 0.29) is 5.41 Å². The summed E-state index contributed by atoms with van der Waals surface area (Å²) in [5.41, 5.74) is 2.69. The van der Waals surface area contributed by atoms with Gasteiger partial charge in [0.2, 0.25) is 0 Å². The molecule has 1 spiro atoms. The van der Waals surface area contributed by atoms with Gasteiger partial charge in [0, 0.05) is 31.2 Å². The van der Waals surface area contributed by atoms with Crippen molar-refractivity contribution in [3.8, 4) is 10.6 Å². The van der Waals surface area contributed by atoms with Gasteiger partial charge in [-0.25, -0.2) is 4.98 Å². The minimum absolute atomic E-state index is 0.240. The Labute approximate surface area is 145 Å². The number of thiophene rings is 1. The van der Waals surface area contributed by atoms with E-state index in [1.165, 1.54) is 29.2 Å². The lowest BCUT2D eigenvalue weighted by Crippen LogP contribution is -2.29. The van der Waals surface area contributed by atoms with Crippen molar-refractivity contribution in [2.24, 2.45) is 0 Å². The summed E-state index contributed by atoms with van der Waals surface area (Å²) in [6.45, 7) is 4.28. The van der Waals surface area contributed by atoms with Crippen molar-refractivity contribution in [2.75, 3.05) is 13.1 Å². The van der Waals surface area contributed by atoms with Crippen LogP contribution in [0.25, 0.3) is 10.6 Å². The van der Waals surface area contributed by atoms with Crippen LogP contribution < -0.4 is 0 Å². The third-order valence-corrected chi connectivity index (χ3v) is 6.35. The fourth-order valence-corrected chi connectivity index (χ4v) is 5.03. The third kappa shape index (κ3) is 2.23. The number of pyridine rings is 1. The van der Waals surface area contributed by atoms with Crippen molar-refractivity contribution in [3.05, 3.63) is 59.6 Å². The minimum Gasteiger partial charge on any atom is -0.327 e. The highest BCUT2D eigenvalue weighted by atomic mass is 32.1. The molecule has 24 heavy (non-hydrogen) atoms.